The number of nitrogens with zero attached hydrogens (tertiary/aromatic N) is 2. The molecule has 8 heteroatoms. The van der Waals surface area contributed by atoms with Crippen molar-refractivity contribution < 1.29 is 18.6 Å². The Labute approximate surface area is 154 Å². The number of ether oxygens (including phenoxy) is 3. The highest BCUT2D eigenvalue weighted by molar-refractivity contribution is 8.14. The van der Waals surface area contributed by atoms with Crippen LogP contribution in [-0.2, 0) is 6.54 Å². The van der Waals surface area contributed by atoms with Crippen LogP contribution >= 0.6 is 11.8 Å². The molecule has 26 heavy (non-hydrogen) atoms. The normalized spacial score (nSPS) is 17.0. The van der Waals surface area contributed by atoms with E-state index in [1.54, 1.807) is 12.1 Å². The minimum atomic E-state index is -0.403. The summed E-state index contributed by atoms with van der Waals surface area (Å²) in [6.07, 6.45) is 0. The number of methoxy groups -OCH3 is 1. The Balaban J connectivity index is 1.42. The van der Waals surface area contributed by atoms with E-state index >= 15 is 0 Å². The Hall–Kier alpha value is -2.74. The summed E-state index contributed by atoms with van der Waals surface area (Å²) < 4.78 is 29.4. The molecule has 6 nitrogen and oxygen atoms in total. The van der Waals surface area contributed by atoms with Crippen LogP contribution in [0.25, 0.3) is 0 Å². The van der Waals surface area contributed by atoms with Crippen LogP contribution in [0.2, 0.25) is 0 Å². The van der Waals surface area contributed by atoms with Crippen LogP contribution in [0, 0.1) is 5.82 Å². The quantitative estimate of drug-likeness (QED) is 0.892. The molecule has 1 N–H and O–H groups in total. The lowest BCUT2D eigenvalue weighted by atomic mass is 10.1. The lowest BCUT2D eigenvalue weighted by Crippen LogP contribution is -2.25. The van der Waals surface area contributed by atoms with Gasteiger partial charge in [0.15, 0.2) is 28.2 Å². The fraction of sp³-hybridized carbons (Fsp3) is 0.222. The molecule has 2 aromatic carbocycles. The Morgan fingerprint density at radius 2 is 2.12 bits per heavy atom. The third kappa shape index (κ3) is 3.45. The van der Waals surface area contributed by atoms with Crippen molar-refractivity contribution in [2.24, 2.45) is 10.1 Å². The van der Waals surface area contributed by atoms with Crippen molar-refractivity contribution in [2.45, 2.75) is 6.54 Å². The fourth-order valence-corrected chi connectivity index (χ4v) is 3.36. The molecule has 2 heterocycles. The molecule has 2 aliphatic heterocycles. The van der Waals surface area contributed by atoms with E-state index in [2.05, 4.69) is 15.5 Å². The lowest BCUT2D eigenvalue weighted by molar-refractivity contribution is 0.174. The highest BCUT2D eigenvalue weighted by atomic mass is 32.2. The zero-order valence-electron chi connectivity index (χ0n) is 14.0. The molecule has 0 aromatic heterocycles. The number of halogens is 1. The van der Waals surface area contributed by atoms with Gasteiger partial charge >= 0.3 is 0 Å². The van der Waals surface area contributed by atoms with E-state index in [0.29, 0.717) is 12.3 Å². The first kappa shape index (κ1) is 16.7. The highest BCUT2D eigenvalue weighted by Gasteiger charge is 2.16. The molecule has 0 spiro atoms. The summed E-state index contributed by atoms with van der Waals surface area (Å²) in [7, 11) is 1.44. The molecule has 0 saturated heterocycles. The van der Waals surface area contributed by atoms with Gasteiger partial charge in [0.1, 0.15) is 0 Å². The third-order valence-electron chi connectivity index (χ3n) is 3.96. The molecule has 0 fully saturated rings. The van der Waals surface area contributed by atoms with Gasteiger partial charge in [-0.3, -0.25) is 10.4 Å². The molecule has 0 unspecified atom stereocenters. The minimum absolute atomic E-state index is 0.219. The van der Waals surface area contributed by atoms with E-state index in [1.165, 1.54) is 24.9 Å². The smallest absolute Gasteiger partial charge is 0.231 e. The summed E-state index contributed by atoms with van der Waals surface area (Å²) >= 11 is 1.53. The molecule has 2 aromatic rings. The number of hydrogen-bond acceptors (Lipinski definition) is 6. The number of rotatable bonds is 4. The molecule has 0 amide bonds. The van der Waals surface area contributed by atoms with Crippen LogP contribution in [0.5, 0.6) is 17.2 Å². The molecule has 0 bridgehead atoms. The van der Waals surface area contributed by atoms with E-state index in [0.717, 1.165) is 33.5 Å². The summed E-state index contributed by atoms with van der Waals surface area (Å²) in [6.45, 7) is 0.766. The molecular formula is C18H16FN3O3S. The number of benzene rings is 2. The molecule has 0 saturated carbocycles. The first-order chi connectivity index (χ1) is 12.7. The minimum Gasteiger partial charge on any atom is -0.494 e. The van der Waals surface area contributed by atoms with E-state index in [4.69, 9.17) is 14.2 Å². The summed E-state index contributed by atoms with van der Waals surface area (Å²) in [4.78, 5) is 4.52. The van der Waals surface area contributed by atoms with Gasteiger partial charge in [0.05, 0.1) is 19.4 Å². The second kappa shape index (κ2) is 7.25. The maximum absolute atomic E-state index is 13.8. The van der Waals surface area contributed by atoms with Crippen LogP contribution < -0.4 is 19.6 Å². The molecule has 134 valence electrons. The number of thioether (sulfide) groups is 1. The second-order valence-corrected chi connectivity index (χ2v) is 6.58. The maximum atomic E-state index is 13.8. The number of fused-ring (bicyclic) bond motifs is 1. The predicted octanol–water partition coefficient (Wildman–Crippen LogP) is 3.16. The number of nitrogens with one attached hydrogen (secondary N) is 1. The molecule has 4 rings (SSSR count). The van der Waals surface area contributed by atoms with Crippen LogP contribution in [0.3, 0.4) is 0 Å². The van der Waals surface area contributed by atoms with E-state index in [1.807, 2.05) is 18.2 Å². The lowest BCUT2D eigenvalue weighted by Gasteiger charge is -2.15. The van der Waals surface area contributed by atoms with Crippen molar-refractivity contribution >= 4 is 22.6 Å². The highest BCUT2D eigenvalue weighted by Crippen LogP contribution is 2.32. The first-order valence-electron chi connectivity index (χ1n) is 7.95. The molecule has 0 radical (unpaired) electrons. The van der Waals surface area contributed by atoms with Crippen molar-refractivity contribution in [2.75, 3.05) is 19.7 Å². The number of hydrazone groups is 1. The van der Waals surface area contributed by atoms with Crippen LogP contribution in [0.4, 0.5) is 4.39 Å². The van der Waals surface area contributed by atoms with Crippen LogP contribution in [0.15, 0.2) is 46.5 Å². The summed E-state index contributed by atoms with van der Waals surface area (Å²) in [5.74, 6) is 1.93. The number of hydrogen-bond donors (Lipinski definition) is 1. The molecule has 2 aliphatic rings. The van der Waals surface area contributed by atoms with Gasteiger partial charge in [0, 0.05) is 11.3 Å². The zero-order valence-corrected chi connectivity index (χ0v) is 14.8. The Morgan fingerprint density at radius 1 is 1.23 bits per heavy atom. The summed E-state index contributed by atoms with van der Waals surface area (Å²) in [5, 5.41) is 5.03. The average Bonchev–Trinajstić information content (AvgIpc) is 3.14. The zero-order chi connectivity index (χ0) is 17.9. The number of aliphatic imine (C=N–C) groups is 1. The van der Waals surface area contributed by atoms with Gasteiger partial charge in [0.25, 0.3) is 0 Å². The molecule has 0 aliphatic carbocycles. The standard InChI is InChI=1S/C18H16FN3O3S/c1-23-15-5-3-12(7-13(15)19)14-9-26-18(22-21-14)20-8-11-2-4-16-17(6-11)25-10-24-16/h2-7H,8-10H2,1H3,(H,20,22). The van der Waals surface area contributed by atoms with E-state index in [9.17, 15) is 4.39 Å². The predicted molar refractivity (Wildman–Crippen MR) is 98.8 cm³/mol. The van der Waals surface area contributed by atoms with Crippen molar-refractivity contribution in [3.05, 3.63) is 53.3 Å². The largest absolute Gasteiger partial charge is 0.494 e. The van der Waals surface area contributed by atoms with Gasteiger partial charge in [-0.25, -0.2) is 4.39 Å². The monoisotopic (exact) mass is 373 g/mol. The van der Waals surface area contributed by atoms with Crippen molar-refractivity contribution in [3.63, 3.8) is 0 Å². The van der Waals surface area contributed by atoms with Crippen molar-refractivity contribution in [1.82, 2.24) is 5.43 Å². The maximum Gasteiger partial charge on any atom is 0.231 e. The van der Waals surface area contributed by atoms with Crippen molar-refractivity contribution in [3.8, 4) is 17.2 Å². The van der Waals surface area contributed by atoms with Gasteiger partial charge in [0.2, 0.25) is 6.79 Å². The first-order valence-corrected chi connectivity index (χ1v) is 8.94. The van der Waals surface area contributed by atoms with Crippen molar-refractivity contribution in [1.29, 1.82) is 0 Å². The molecular weight excluding hydrogens is 357 g/mol. The van der Waals surface area contributed by atoms with Gasteiger partial charge < -0.3 is 14.2 Å². The van der Waals surface area contributed by atoms with Gasteiger partial charge in [-0.05, 0) is 35.9 Å². The Morgan fingerprint density at radius 3 is 2.88 bits per heavy atom. The molecule has 0 atom stereocenters. The summed E-state index contributed by atoms with van der Waals surface area (Å²) in [5.41, 5.74) is 5.44. The topological polar surface area (TPSA) is 64.4 Å². The Kier molecular flexibility index (Phi) is 4.66. The van der Waals surface area contributed by atoms with Gasteiger partial charge in [-0.15, -0.1) is 0 Å². The van der Waals surface area contributed by atoms with Crippen LogP contribution in [0.1, 0.15) is 11.1 Å². The van der Waals surface area contributed by atoms with E-state index < -0.39 is 5.82 Å². The summed E-state index contributed by atoms with van der Waals surface area (Å²) in [6, 6.07) is 10.6. The van der Waals surface area contributed by atoms with Gasteiger partial charge in [-0.2, -0.15) is 5.10 Å². The third-order valence-corrected chi connectivity index (χ3v) is 4.87. The average molecular weight is 373 g/mol. The Bertz CT molecular complexity index is 901. The van der Waals surface area contributed by atoms with Gasteiger partial charge in [-0.1, -0.05) is 17.8 Å². The van der Waals surface area contributed by atoms with Crippen LogP contribution in [-0.4, -0.2) is 30.5 Å². The number of amidine groups is 1. The second-order valence-electron chi connectivity index (χ2n) is 5.62. The van der Waals surface area contributed by atoms with E-state index in [-0.39, 0.29) is 12.5 Å². The SMILES string of the molecule is COc1ccc(C2=NNC(=NCc3ccc4c(c3)OCO4)SC2)cc1F. The fourth-order valence-electron chi connectivity index (χ4n) is 2.59.